The molecule has 1 aliphatic carbocycles. The lowest BCUT2D eigenvalue weighted by Gasteiger charge is -2.28. The molecule has 1 aliphatic heterocycles. The van der Waals surface area contributed by atoms with E-state index in [4.69, 9.17) is 4.42 Å². The van der Waals surface area contributed by atoms with Crippen molar-refractivity contribution in [1.82, 2.24) is 5.32 Å². The van der Waals surface area contributed by atoms with Crippen LogP contribution in [-0.4, -0.2) is 23.1 Å². The summed E-state index contributed by atoms with van der Waals surface area (Å²) in [7, 11) is 0. The number of rotatable bonds is 4. The number of carbonyl (C=O) groups excluding carboxylic acids is 2. The highest BCUT2D eigenvalue weighted by Crippen LogP contribution is 2.31. The average Bonchev–Trinajstić information content (AvgIpc) is 3.16. The number of hydrogen-bond acceptors (Lipinski definition) is 6. The molecule has 1 saturated carbocycles. The largest absolute Gasteiger partial charge is 0.548 e. The highest BCUT2D eigenvalue weighted by atomic mass is 32.2. The van der Waals surface area contributed by atoms with Crippen molar-refractivity contribution in [2.45, 2.75) is 38.1 Å². The summed E-state index contributed by atoms with van der Waals surface area (Å²) in [5.41, 5.74) is 0. The third-order valence-corrected chi connectivity index (χ3v) is 4.99. The van der Waals surface area contributed by atoms with Crippen molar-refractivity contribution in [2.24, 2.45) is 10.9 Å². The van der Waals surface area contributed by atoms with Crippen LogP contribution in [0, 0.1) is 5.92 Å². The van der Waals surface area contributed by atoms with Gasteiger partial charge in [0.2, 0.25) is 0 Å². The standard InChI is InChI=1S/C16H18N2O4S/c19-14-12(9-11-7-4-8-22-11)23-16(18-14)17-13(15(20)21)10-5-2-1-3-6-10/h4,7-10,13H,1-3,5-6H2,(H,20,21)(H,17,18,19)/p-1/b12-9-/t13-/m0/s1. The van der Waals surface area contributed by atoms with Crippen LogP contribution in [0.4, 0.5) is 0 Å². The lowest BCUT2D eigenvalue weighted by molar-refractivity contribution is -0.308. The second-order valence-electron chi connectivity index (χ2n) is 5.68. The van der Waals surface area contributed by atoms with Crippen molar-refractivity contribution < 1.29 is 19.1 Å². The number of thioether (sulfide) groups is 1. The van der Waals surface area contributed by atoms with Crippen LogP contribution in [-0.2, 0) is 9.59 Å². The Kier molecular flexibility index (Phi) is 4.85. The number of hydrogen-bond donors (Lipinski definition) is 1. The van der Waals surface area contributed by atoms with Gasteiger partial charge in [-0.1, -0.05) is 19.3 Å². The van der Waals surface area contributed by atoms with Gasteiger partial charge in [0.15, 0.2) is 5.17 Å². The molecule has 2 aliphatic rings. The van der Waals surface area contributed by atoms with E-state index in [1.165, 1.54) is 6.26 Å². The molecule has 1 atom stereocenters. The van der Waals surface area contributed by atoms with Gasteiger partial charge >= 0.3 is 0 Å². The first-order valence-corrected chi connectivity index (χ1v) is 8.48. The maximum absolute atomic E-state index is 12.0. The van der Waals surface area contributed by atoms with E-state index in [0.29, 0.717) is 15.8 Å². The number of aliphatic imine (C=N–C) groups is 1. The quantitative estimate of drug-likeness (QED) is 0.843. The van der Waals surface area contributed by atoms with Gasteiger partial charge in [-0.2, -0.15) is 0 Å². The minimum Gasteiger partial charge on any atom is -0.548 e. The van der Waals surface area contributed by atoms with Crippen LogP contribution in [0.3, 0.4) is 0 Å². The van der Waals surface area contributed by atoms with Crippen molar-refractivity contribution in [3.8, 4) is 0 Å². The van der Waals surface area contributed by atoms with E-state index < -0.39 is 12.0 Å². The smallest absolute Gasteiger partial charge is 0.264 e. The molecule has 0 spiro atoms. The highest BCUT2D eigenvalue weighted by Gasteiger charge is 2.29. The first-order chi connectivity index (χ1) is 11.1. The molecule has 23 heavy (non-hydrogen) atoms. The molecule has 0 aromatic carbocycles. The number of furan rings is 1. The molecule has 122 valence electrons. The molecule has 0 radical (unpaired) electrons. The lowest BCUT2D eigenvalue weighted by Crippen LogP contribution is -2.41. The fraction of sp³-hybridized carbons (Fsp3) is 0.438. The molecule has 1 amide bonds. The van der Waals surface area contributed by atoms with Crippen molar-refractivity contribution in [2.75, 3.05) is 0 Å². The number of amidine groups is 1. The molecule has 6 nitrogen and oxygen atoms in total. The predicted octanol–water partition coefficient (Wildman–Crippen LogP) is 1.54. The molecule has 1 N–H and O–H groups in total. The number of nitrogens with one attached hydrogen (secondary N) is 1. The van der Waals surface area contributed by atoms with Crippen molar-refractivity contribution in [3.05, 3.63) is 29.1 Å². The SMILES string of the molecule is O=C1NC(=N[C@H](C(=O)[O-])C2CCCCC2)S/C1=C\c1ccco1. The summed E-state index contributed by atoms with van der Waals surface area (Å²) in [6.07, 6.45) is 7.97. The van der Waals surface area contributed by atoms with Gasteiger partial charge in [-0.15, -0.1) is 0 Å². The second kappa shape index (κ2) is 7.04. The van der Waals surface area contributed by atoms with E-state index in [1.54, 1.807) is 18.2 Å². The zero-order valence-corrected chi connectivity index (χ0v) is 13.3. The zero-order valence-electron chi connectivity index (χ0n) is 12.5. The number of carbonyl (C=O) groups is 2. The van der Waals surface area contributed by atoms with Gasteiger partial charge in [-0.3, -0.25) is 9.79 Å². The van der Waals surface area contributed by atoms with Crippen molar-refractivity contribution >= 4 is 34.9 Å². The van der Waals surface area contributed by atoms with Crippen molar-refractivity contribution in [3.63, 3.8) is 0 Å². The van der Waals surface area contributed by atoms with E-state index in [9.17, 15) is 14.7 Å². The third-order valence-electron chi connectivity index (χ3n) is 4.06. The molecule has 2 heterocycles. The number of aliphatic carboxylic acids is 1. The minimum atomic E-state index is -1.18. The van der Waals surface area contributed by atoms with Crippen LogP contribution < -0.4 is 10.4 Å². The van der Waals surface area contributed by atoms with E-state index in [0.717, 1.165) is 43.9 Å². The molecule has 2 fully saturated rings. The normalized spacial score (nSPS) is 24.1. The maximum Gasteiger partial charge on any atom is 0.264 e. The van der Waals surface area contributed by atoms with Crippen LogP contribution >= 0.6 is 11.8 Å². The molecular formula is C16H17N2O4S-. The summed E-state index contributed by atoms with van der Waals surface area (Å²) in [6, 6.07) is 2.57. The number of carboxylic acids is 1. The average molecular weight is 333 g/mol. The summed E-state index contributed by atoms with van der Waals surface area (Å²) in [5, 5.41) is 14.4. The van der Waals surface area contributed by atoms with Gasteiger partial charge in [0.05, 0.1) is 23.2 Å². The molecule has 7 heteroatoms. The van der Waals surface area contributed by atoms with Crippen LogP contribution in [0.5, 0.6) is 0 Å². The maximum atomic E-state index is 12.0. The van der Waals surface area contributed by atoms with Gasteiger partial charge in [0, 0.05) is 6.08 Å². The summed E-state index contributed by atoms with van der Waals surface area (Å²) in [5.74, 6) is -0.932. The minimum absolute atomic E-state index is 0.0168. The zero-order chi connectivity index (χ0) is 16.2. The monoisotopic (exact) mass is 333 g/mol. The Balaban J connectivity index is 1.76. The van der Waals surface area contributed by atoms with E-state index in [-0.39, 0.29) is 11.8 Å². The highest BCUT2D eigenvalue weighted by molar-refractivity contribution is 8.18. The number of carboxylic acid groups (broad SMARTS) is 1. The Bertz CT molecular complexity index is 645. The Morgan fingerprint density at radius 2 is 2.22 bits per heavy atom. The van der Waals surface area contributed by atoms with E-state index >= 15 is 0 Å². The van der Waals surface area contributed by atoms with Crippen LogP contribution in [0.2, 0.25) is 0 Å². The van der Waals surface area contributed by atoms with Crippen LogP contribution in [0.25, 0.3) is 6.08 Å². The Hall–Kier alpha value is -2.02. The molecule has 1 aromatic heterocycles. The summed E-state index contributed by atoms with van der Waals surface area (Å²) in [6.45, 7) is 0. The number of amides is 1. The van der Waals surface area contributed by atoms with Crippen LogP contribution in [0.1, 0.15) is 37.9 Å². The summed E-state index contributed by atoms with van der Waals surface area (Å²) < 4.78 is 5.18. The van der Waals surface area contributed by atoms with Gasteiger partial charge in [-0.25, -0.2) is 0 Å². The van der Waals surface area contributed by atoms with Gasteiger partial charge in [-0.05, 0) is 42.7 Å². The first-order valence-electron chi connectivity index (χ1n) is 7.66. The fourth-order valence-electron chi connectivity index (χ4n) is 2.92. The summed E-state index contributed by atoms with van der Waals surface area (Å²) in [4.78, 5) is 28.1. The Labute approximate surface area is 138 Å². The molecular weight excluding hydrogens is 316 g/mol. The predicted molar refractivity (Wildman–Crippen MR) is 85.2 cm³/mol. The van der Waals surface area contributed by atoms with E-state index in [2.05, 4.69) is 10.3 Å². The van der Waals surface area contributed by atoms with Gasteiger partial charge in [0.1, 0.15) is 5.76 Å². The second-order valence-corrected chi connectivity index (χ2v) is 6.71. The number of nitrogens with zero attached hydrogens (tertiary/aromatic N) is 1. The topological polar surface area (TPSA) is 94.7 Å². The summed E-state index contributed by atoms with van der Waals surface area (Å²) >= 11 is 1.13. The molecule has 1 aromatic rings. The Morgan fingerprint density at radius 1 is 1.43 bits per heavy atom. The molecule has 0 unspecified atom stereocenters. The van der Waals surface area contributed by atoms with Gasteiger partial charge in [0.25, 0.3) is 5.91 Å². The third kappa shape index (κ3) is 3.85. The van der Waals surface area contributed by atoms with Crippen LogP contribution in [0.15, 0.2) is 32.7 Å². The van der Waals surface area contributed by atoms with E-state index in [1.807, 2.05) is 0 Å². The molecule has 0 bridgehead atoms. The fourth-order valence-corrected chi connectivity index (χ4v) is 3.75. The first kappa shape index (κ1) is 15.9. The Morgan fingerprint density at radius 3 is 2.87 bits per heavy atom. The lowest BCUT2D eigenvalue weighted by atomic mass is 9.84. The van der Waals surface area contributed by atoms with Crippen molar-refractivity contribution in [1.29, 1.82) is 0 Å². The molecule has 1 saturated heterocycles. The molecule has 3 rings (SSSR count). The van der Waals surface area contributed by atoms with Gasteiger partial charge < -0.3 is 19.6 Å².